The van der Waals surface area contributed by atoms with Crippen molar-refractivity contribution in [2.45, 2.75) is 105 Å². The van der Waals surface area contributed by atoms with E-state index in [1.54, 1.807) is 20.8 Å². The Kier molecular flexibility index (Phi) is 13.5. The predicted octanol–water partition coefficient (Wildman–Crippen LogP) is 5.45. The molecule has 0 spiro atoms. The quantitative estimate of drug-likeness (QED) is 0.294. The van der Waals surface area contributed by atoms with Crippen molar-refractivity contribution in [3.63, 3.8) is 0 Å². The van der Waals surface area contributed by atoms with Crippen molar-refractivity contribution in [1.29, 1.82) is 0 Å². The molecule has 0 aromatic heterocycles. The van der Waals surface area contributed by atoms with Crippen molar-refractivity contribution in [2.75, 3.05) is 13.2 Å². The van der Waals surface area contributed by atoms with Crippen LogP contribution in [0.4, 0.5) is 4.79 Å². The monoisotopic (exact) mass is 506 g/mol. The zero-order valence-corrected chi connectivity index (χ0v) is 23.7. The van der Waals surface area contributed by atoms with Crippen molar-refractivity contribution >= 4 is 12.0 Å². The van der Waals surface area contributed by atoms with Crippen LogP contribution >= 0.6 is 0 Å². The van der Waals surface area contributed by atoms with Crippen LogP contribution in [0.5, 0.6) is 0 Å². The third-order valence-corrected chi connectivity index (χ3v) is 6.35. The van der Waals surface area contributed by atoms with Gasteiger partial charge in [0.15, 0.2) is 0 Å². The van der Waals surface area contributed by atoms with E-state index in [1.807, 2.05) is 44.2 Å². The second-order valence-electron chi connectivity index (χ2n) is 11.8. The molecule has 206 valence electrons. The van der Waals surface area contributed by atoms with E-state index in [1.165, 1.54) is 0 Å². The van der Waals surface area contributed by atoms with Crippen LogP contribution in [0.25, 0.3) is 0 Å². The number of aliphatic hydroxyl groups excluding tert-OH is 1. The van der Waals surface area contributed by atoms with Gasteiger partial charge < -0.3 is 25.2 Å². The molecule has 3 N–H and O–H groups in total. The molecule has 3 atom stereocenters. The fraction of sp³-hybridized carbons (Fsp3) is 0.724. The first-order valence-electron chi connectivity index (χ1n) is 13.3. The maximum absolute atomic E-state index is 12.8. The number of carbonyl (C=O) groups excluding carboxylic acids is 2. The Morgan fingerprint density at radius 1 is 1.06 bits per heavy atom. The summed E-state index contributed by atoms with van der Waals surface area (Å²) in [6, 6.07) is 9.36. The minimum absolute atomic E-state index is 0.0462. The molecule has 0 fully saturated rings. The Hall–Kier alpha value is -2.12. The molecule has 0 saturated heterocycles. The minimum atomic E-state index is -0.973. The number of ether oxygens (including phenoxy) is 2. The molecule has 7 nitrogen and oxygen atoms in total. The molecule has 1 rings (SSSR count). The number of alkyl carbamates (subject to hydrolysis) is 1. The first kappa shape index (κ1) is 31.9. The number of amides is 2. The summed E-state index contributed by atoms with van der Waals surface area (Å²) in [5.41, 5.74) is -0.0833. The Morgan fingerprint density at radius 3 is 2.25 bits per heavy atom. The number of hydrogen-bond acceptors (Lipinski definition) is 5. The molecular weight excluding hydrogens is 456 g/mol. The third kappa shape index (κ3) is 12.7. The first-order valence-corrected chi connectivity index (χ1v) is 13.3. The molecule has 7 heteroatoms. The second-order valence-corrected chi connectivity index (χ2v) is 11.8. The standard InChI is InChI=1S/C29H50N2O5/c1-9-10-16-29(7,8)26(33)30-18-25(32)24(31-27(34)36-28(4,5)6)17-23(21(2)3)20-35-19-22-14-12-11-13-15-22/h11-15,21,23-25,32H,9-10,16-20H2,1-8H3,(H,30,33)(H,31,34)/t23-,24+,25+/m1/s1. The Bertz CT molecular complexity index is 774. The van der Waals surface area contributed by atoms with E-state index in [0.717, 1.165) is 24.8 Å². The van der Waals surface area contributed by atoms with Crippen LogP contribution < -0.4 is 10.6 Å². The van der Waals surface area contributed by atoms with E-state index in [2.05, 4.69) is 31.4 Å². The molecule has 1 aromatic rings. The van der Waals surface area contributed by atoms with Crippen molar-refractivity contribution in [3.05, 3.63) is 35.9 Å². The van der Waals surface area contributed by atoms with Crippen LogP contribution in [-0.2, 0) is 20.9 Å². The normalized spacial score (nSPS) is 14.7. The van der Waals surface area contributed by atoms with E-state index in [-0.39, 0.29) is 24.3 Å². The zero-order chi connectivity index (χ0) is 27.4. The van der Waals surface area contributed by atoms with Crippen molar-refractivity contribution < 1.29 is 24.2 Å². The molecule has 1 aromatic carbocycles. The number of aliphatic hydroxyl groups is 1. The first-order chi connectivity index (χ1) is 16.7. The van der Waals surface area contributed by atoms with Gasteiger partial charge in [0.2, 0.25) is 5.91 Å². The molecule has 36 heavy (non-hydrogen) atoms. The summed E-state index contributed by atoms with van der Waals surface area (Å²) in [6.07, 6.45) is 1.68. The third-order valence-electron chi connectivity index (χ3n) is 6.35. The lowest BCUT2D eigenvalue weighted by atomic mass is 9.86. The number of nitrogens with one attached hydrogen (secondary N) is 2. The summed E-state index contributed by atoms with van der Waals surface area (Å²) < 4.78 is 11.4. The summed E-state index contributed by atoms with van der Waals surface area (Å²) in [5.74, 6) is 0.246. The lowest BCUT2D eigenvalue weighted by Crippen LogP contribution is -2.52. The molecule has 0 saturated carbocycles. The molecule has 0 radical (unpaired) electrons. The van der Waals surface area contributed by atoms with E-state index >= 15 is 0 Å². The Balaban J connectivity index is 2.86. The molecule has 0 aliphatic rings. The van der Waals surface area contributed by atoms with Gasteiger partial charge in [0.1, 0.15) is 5.60 Å². The van der Waals surface area contributed by atoms with Crippen LogP contribution in [-0.4, -0.2) is 48.0 Å². The van der Waals surface area contributed by atoms with Gasteiger partial charge in [0, 0.05) is 12.0 Å². The van der Waals surface area contributed by atoms with Gasteiger partial charge in [0.25, 0.3) is 0 Å². The maximum Gasteiger partial charge on any atom is 0.407 e. The summed E-state index contributed by atoms with van der Waals surface area (Å²) >= 11 is 0. The lowest BCUT2D eigenvalue weighted by Gasteiger charge is -2.32. The SMILES string of the molecule is CCCCC(C)(C)C(=O)NC[C@H](O)[C@H](C[C@H](COCc1ccccc1)C(C)C)NC(=O)OC(C)(C)C. The highest BCUT2D eigenvalue weighted by atomic mass is 16.6. The predicted molar refractivity (Wildman–Crippen MR) is 145 cm³/mol. The number of hydrogen-bond donors (Lipinski definition) is 3. The highest BCUT2D eigenvalue weighted by Crippen LogP contribution is 2.24. The largest absolute Gasteiger partial charge is 0.444 e. The van der Waals surface area contributed by atoms with Gasteiger partial charge in [-0.3, -0.25) is 4.79 Å². The van der Waals surface area contributed by atoms with Crippen LogP contribution in [0.15, 0.2) is 30.3 Å². The van der Waals surface area contributed by atoms with Crippen molar-refractivity contribution in [2.24, 2.45) is 17.3 Å². The second kappa shape index (κ2) is 15.2. The average molecular weight is 507 g/mol. The molecule has 0 unspecified atom stereocenters. The fourth-order valence-corrected chi connectivity index (χ4v) is 3.84. The highest BCUT2D eigenvalue weighted by Gasteiger charge is 2.31. The van der Waals surface area contributed by atoms with Gasteiger partial charge in [-0.2, -0.15) is 0 Å². The Labute approximate surface area is 218 Å². The smallest absolute Gasteiger partial charge is 0.407 e. The van der Waals surface area contributed by atoms with Gasteiger partial charge in [-0.25, -0.2) is 4.79 Å². The molecule has 0 heterocycles. The summed E-state index contributed by atoms with van der Waals surface area (Å²) in [5, 5.41) is 16.8. The zero-order valence-electron chi connectivity index (χ0n) is 23.7. The molecule has 0 aliphatic heterocycles. The minimum Gasteiger partial charge on any atom is -0.444 e. The fourth-order valence-electron chi connectivity index (χ4n) is 3.84. The van der Waals surface area contributed by atoms with Gasteiger partial charge in [0.05, 0.1) is 25.4 Å². The van der Waals surface area contributed by atoms with E-state index in [0.29, 0.717) is 19.6 Å². The summed E-state index contributed by atoms with van der Waals surface area (Å²) in [7, 11) is 0. The lowest BCUT2D eigenvalue weighted by molar-refractivity contribution is -0.130. The van der Waals surface area contributed by atoms with E-state index < -0.39 is 29.3 Å². The summed E-state index contributed by atoms with van der Waals surface area (Å²) in [6.45, 7) is 16.6. The van der Waals surface area contributed by atoms with Crippen LogP contribution in [0.3, 0.4) is 0 Å². The molecule has 0 aliphatic carbocycles. The molecular formula is C29H50N2O5. The van der Waals surface area contributed by atoms with Gasteiger partial charge in [-0.15, -0.1) is 0 Å². The average Bonchev–Trinajstić information content (AvgIpc) is 2.78. The number of carbonyl (C=O) groups is 2. The number of unbranched alkanes of at least 4 members (excludes halogenated alkanes) is 1. The van der Waals surface area contributed by atoms with Crippen LogP contribution in [0, 0.1) is 17.3 Å². The molecule has 2 amide bonds. The maximum atomic E-state index is 12.8. The topological polar surface area (TPSA) is 96.9 Å². The summed E-state index contributed by atoms with van der Waals surface area (Å²) in [4.78, 5) is 25.3. The van der Waals surface area contributed by atoms with E-state index in [9.17, 15) is 14.7 Å². The number of benzene rings is 1. The van der Waals surface area contributed by atoms with Crippen LogP contribution in [0.1, 0.15) is 86.6 Å². The highest BCUT2D eigenvalue weighted by molar-refractivity contribution is 5.81. The Morgan fingerprint density at radius 2 is 1.69 bits per heavy atom. The van der Waals surface area contributed by atoms with Crippen LogP contribution in [0.2, 0.25) is 0 Å². The van der Waals surface area contributed by atoms with Crippen molar-refractivity contribution in [1.82, 2.24) is 10.6 Å². The van der Waals surface area contributed by atoms with Crippen molar-refractivity contribution in [3.8, 4) is 0 Å². The number of rotatable bonds is 15. The van der Waals surface area contributed by atoms with Gasteiger partial charge in [-0.1, -0.05) is 77.8 Å². The van der Waals surface area contributed by atoms with Gasteiger partial charge >= 0.3 is 6.09 Å². The molecule has 0 bridgehead atoms. The van der Waals surface area contributed by atoms with Gasteiger partial charge in [-0.05, 0) is 51.0 Å². The van der Waals surface area contributed by atoms with E-state index in [4.69, 9.17) is 9.47 Å².